The summed E-state index contributed by atoms with van der Waals surface area (Å²) >= 11 is 0. The SMILES string of the molecule is Cc1ccc(-c2cc(C(=O)NCCCCOc3ccc(F)cc3)n[nH]2)o1. The van der Waals surface area contributed by atoms with Crippen molar-refractivity contribution in [3.05, 3.63) is 59.7 Å². The van der Waals surface area contributed by atoms with Crippen molar-refractivity contribution in [2.75, 3.05) is 13.2 Å². The minimum absolute atomic E-state index is 0.241. The molecule has 7 heteroatoms. The summed E-state index contributed by atoms with van der Waals surface area (Å²) in [4.78, 5) is 12.1. The van der Waals surface area contributed by atoms with Gasteiger partial charge in [-0.1, -0.05) is 0 Å². The highest BCUT2D eigenvalue weighted by Gasteiger charge is 2.12. The van der Waals surface area contributed by atoms with Crippen LogP contribution in [0.3, 0.4) is 0 Å². The number of benzene rings is 1. The number of aromatic amines is 1. The van der Waals surface area contributed by atoms with Gasteiger partial charge >= 0.3 is 0 Å². The Morgan fingerprint density at radius 1 is 1.23 bits per heavy atom. The van der Waals surface area contributed by atoms with E-state index in [9.17, 15) is 9.18 Å². The molecule has 0 bridgehead atoms. The quantitative estimate of drug-likeness (QED) is 0.602. The second-order valence-corrected chi connectivity index (χ2v) is 5.84. The van der Waals surface area contributed by atoms with Gasteiger partial charge in [-0.05, 0) is 56.2 Å². The number of H-pyrrole nitrogens is 1. The van der Waals surface area contributed by atoms with Crippen molar-refractivity contribution in [1.82, 2.24) is 15.5 Å². The molecule has 0 radical (unpaired) electrons. The van der Waals surface area contributed by atoms with E-state index in [4.69, 9.17) is 9.15 Å². The van der Waals surface area contributed by atoms with Gasteiger partial charge in [0.05, 0.1) is 6.61 Å². The predicted molar refractivity (Wildman–Crippen MR) is 94.5 cm³/mol. The molecule has 2 heterocycles. The van der Waals surface area contributed by atoms with E-state index >= 15 is 0 Å². The van der Waals surface area contributed by atoms with Crippen LogP contribution in [0, 0.1) is 12.7 Å². The van der Waals surface area contributed by atoms with E-state index in [0.717, 1.165) is 18.6 Å². The molecule has 3 aromatic rings. The number of carbonyl (C=O) groups excluding carboxylic acids is 1. The first kappa shape index (κ1) is 17.7. The molecule has 6 nitrogen and oxygen atoms in total. The van der Waals surface area contributed by atoms with Gasteiger partial charge in [0.25, 0.3) is 5.91 Å². The summed E-state index contributed by atoms with van der Waals surface area (Å²) in [7, 11) is 0. The average Bonchev–Trinajstić information content (AvgIpc) is 3.28. The molecule has 2 N–H and O–H groups in total. The van der Waals surface area contributed by atoms with Gasteiger partial charge in [-0.25, -0.2) is 4.39 Å². The van der Waals surface area contributed by atoms with Gasteiger partial charge in [-0.3, -0.25) is 9.89 Å². The Balaban J connectivity index is 1.36. The molecule has 0 aliphatic heterocycles. The molecule has 26 heavy (non-hydrogen) atoms. The monoisotopic (exact) mass is 357 g/mol. The Bertz CT molecular complexity index is 855. The topological polar surface area (TPSA) is 80.1 Å². The van der Waals surface area contributed by atoms with Gasteiger partial charge in [0.1, 0.15) is 23.0 Å². The molecule has 2 aromatic heterocycles. The summed E-state index contributed by atoms with van der Waals surface area (Å²) in [6, 6.07) is 11.2. The molecule has 3 rings (SSSR count). The third kappa shape index (κ3) is 4.72. The molecule has 0 fully saturated rings. The Morgan fingerprint density at radius 2 is 2.04 bits per heavy atom. The second-order valence-electron chi connectivity index (χ2n) is 5.84. The van der Waals surface area contributed by atoms with Crippen LogP contribution < -0.4 is 10.1 Å². The van der Waals surface area contributed by atoms with E-state index < -0.39 is 0 Å². The Kier molecular flexibility index (Phi) is 5.68. The zero-order valence-electron chi connectivity index (χ0n) is 14.4. The fourth-order valence-electron chi connectivity index (χ4n) is 2.38. The Morgan fingerprint density at radius 3 is 2.77 bits per heavy atom. The minimum atomic E-state index is -0.288. The molecule has 0 saturated heterocycles. The lowest BCUT2D eigenvalue weighted by Gasteiger charge is -2.06. The number of hydrogen-bond acceptors (Lipinski definition) is 4. The number of furan rings is 1. The predicted octanol–water partition coefficient (Wildman–Crippen LogP) is 3.71. The van der Waals surface area contributed by atoms with Gasteiger partial charge in [-0.2, -0.15) is 5.10 Å². The lowest BCUT2D eigenvalue weighted by atomic mass is 10.3. The lowest BCUT2D eigenvalue weighted by molar-refractivity contribution is 0.0947. The molecule has 1 amide bonds. The first-order chi connectivity index (χ1) is 12.6. The van der Waals surface area contributed by atoms with Crippen molar-refractivity contribution < 1.29 is 18.3 Å². The van der Waals surface area contributed by atoms with E-state index in [-0.39, 0.29) is 11.7 Å². The van der Waals surface area contributed by atoms with Crippen LogP contribution in [0.1, 0.15) is 29.1 Å². The van der Waals surface area contributed by atoms with Crippen LogP contribution >= 0.6 is 0 Å². The zero-order chi connectivity index (χ0) is 18.4. The number of nitrogens with one attached hydrogen (secondary N) is 2. The number of carbonyl (C=O) groups is 1. The van der Waals surface area contributed by atoms with E-state index in [0.29, 0.717) is 36.0 Å². The molecule has 136 valence electrons. The first-order valence-electron chi connectivity index (χ1n) is 8.40. The summed E-state index contributed by atoms with van der Waals surface area (Å²) < 4.78 is 23.8. The van der Waals surface area contributed by atoms with Crippen LogP contribution in [-0.4, -0.2) is 29.3 Å². The van der Waals surface area contributed by atoms with Crippen LogP contribution in [0.25, 0.3) is 11.5 Å². The molecular formula is C19H20FN3O3. The number of hydrogen-bond donors (Lipinski definition) is 2. The third-order valence-electron chi connectivity index (χ3n) is 3.76. The number of aryl methyl sites for hydroxylation is 1. The van der Waals surface area contributed by atoms with E-state index in [1.165, 1.54) is 12.1 Å². The Hall–Kier alpha value is -3.09. The molecule has 0 spiro atoms. The van der Waals surface area contributed by atoms with E-state index in [1.54, 1.807) is 18.2 Å². The molecular weight excluding hydrogens is 337 g/mol. The standard InChI is InChI=1S/C19H20FN3O3/c1-13-4-9-18(26-13)16-12-17(23-22-16)19(24)21-10-2-3-11-25-15-7-5-14(20)6-8-15/h4-9,12H,2-3,10-11H2,1H3,(H,21,24)(H,22,23). The molecule has 0 unspecified atom stereocenters. The van der Waals surface area contributed by atoms with Crippen molar-refractivity contribution in [2.45, 2.75) is 19.8 Å². The van der Waals surface area contributed by atoms with Gasteiger partial charge < -0.3 is 14.5 Å². The van der Waals surface area contributed by atoms with Gasteiger partial charge in [0.15, 0.2) is 11.5 Å². The Labute approximate surface area is 150 Å². The van der Waals surface area contributed by atoms with E-state index in [1.807, 2.05) is 19.1 Å². The van der Waals surface area contributed by atoms with Crippen LogP contribution in [0.15, 0.2) is 46.9 Å². The molecule has 0 aliphatic rings. The van der Waals surface area contributed by atoms with Crippen molar-refractivity contribution in [2.24, 2.45) is 0 Å². The number of amides is 1. The summed E-state index contributed by atoms with van der Waals surface area (Å²) in [5.41, 5.74) is 0.979. The lowest BCUT2D eigenvalue weighted by Crippen LogP contribution is -2.25. The maximum atomic E-state index is 12.8. The number of nitrogens with zero attached hydrogens (tertiary/aromatic N) is 1. The van der Waals surface area contributed by atoms with Crippen molar-refractivity contribution in [3.63, 3.8) is 0 Å². The molecule has 1 aromatic carbocycles. The number of unbranched alkanes of at least 4 members (excludes halogenated alkanes) is 1. The fourth-order valence-corrected chi connectivity index (χ4v) is 2.38. The number of rotatable bonds is 8. The number of halogens is 1. The normalized spacial score (nSPS) is 10.7. The highest BCUT2D eigenvalue weighted by molar-refractivity contribution is 5.93. The van der Waals surface area contributed by atoms with Crippen molar-refractivity contribution in [1.29, 1.82) is 0 Å². The number of ether oxygens (including phenoxy) is 1. The molecule has 0 aliphatic carbocycles. The second kappa shape index (κ2) is 8.33. The van der Waals surface area contributed by atoms with Crippen molar-refractivity contribution in [3.8, 4) is 17.2 Å². The summed E-state index contributed by atoms with van der Waals surface area (Å²) in [6.45, 7) is 2.88. The summed E-state index contributed by atoms with van der Waals surface area (Å²) in [5, 5.41) is 9.63. The largest absolute Gasteiger partial charge is 0.494 e. The van der Waals surface area contributed by atoms with Gasteiger partial charge in [-0.15, -0.1) is 0 Å². The van der Waals surface area contributed by atoms with Gasteiger partial charge in [0, 0.05) is 12.6 Å². The van der Waals surface area contributed by atoms with Crippen molar-refractivity contribution >= 4 is 5.91 Å². The third-order valence-corrected chi connectivity index (χ3v) is 3.76. The van der Waals surface area contributed by atoms with Gasteiger partial charge in [0.2, 0.25) is 0 Å². The maximum Gasteiger partial charge on any atom is 0.271 e. The molecule has 0 atom stereocenters. The number of aromatic nitrogens is 2. The highest BCUT2D eigenvalue weighted by Crippen LogP contribution is 2.20. The smallest absolute Gasteiger partial charge is 0.271 e. The average molecular weight is 357 g/mol. The van der Waals surface area contributed by atoms with Crippen LogP contribution in [0.5, 0.6) is 5.75 Å². The minimum Gasteiger partial charge on any atom is -0.494 e. The zero-order valence-corrected chi connectivity index (χ0v) is 14.4. The fraction of sp³-hybridized carbons (Fsp3) is 0.263. The molecule has 0 saturated carbocycles. The summed E-state index contributed by atoms with van der Waals surface area (Å²) in [5.74, 6) is 1.54. The first-order valence-corrected chi connectivity index (χ1v) is 8.40. The highest BCUT2D eigenvalue weighted by atomic mass is 19.1. The van der Waals surface area contributed by atoms with Crippen LogP contribution in [0.2, 0.25) is 0 Å². The maximum absolute atomic E-state index is 12.8. The van der Waals surface area contributed by atoms with Crippen LogP contribution in [0.4, 0.5) is 4.39 Å². The van der Waals surface area contributed by atoms with E-state index in [2.05, 4.69) is 15.5 Å². The van der Waals surface area contributed by atoms with Crippen LogP contribution in [-0.2, 0) is 0 Å². The summed E-state index contributed by atoms with van der Waals surface area (Å²) in [6.07, 6.45) is 1.54.